The maximum Gasteiger partial charge on any atom is 0.193 e. The second kappa shape index (κ2) is 10.6. The van der Waals surface area contributed by atoms with E-state index in [1.54, 1.807) is 7.11 Å². The first kappa shape index (κ1) is 20.8. The number of halogens is 1. The van der Waals surface area contributed by atoms with Crippen molar-refractivity contribution >= 4 is 46.3 Å². The average Bonchev–Trinajstić information content (AvgIpc) is 3.20. The summed E-state index contributed by atoms with van der Waals surface area (Å²) >= 11 is 1.81. The van der Waals surface area contributed by atoms with Crippen LogP contribution in [0.5, 0.6) is 5.75 Å². The number of aliphatic imine (C=N–C) groups is 1. The van der Waals surface area contributed by atoms with Gasteiger partial charge in [-0.2, -0.15) is 0 Å². The third kappa shape index (κ3) is 5.51. The maximum atomic E-state index is 5.28. The smallest absolute Gasteiger partial charge is 0.193 e. The lowest BCUT2D eigenvalue weighted by Crippen LogP contribution is -2.52. The number of methoxy groups -OCH3 is 1. The molecule has 1 N–H and O–H groups in total. The molecule has 3 rings (SSSR count). The van der Waals surface area contributed by atoms with E-state index in [0.29, 0.717) is 0 Å². The fourth-order valence-electron chi connectivity index (χ4n) is 3.07. The first-order valence-corrected chi connectivity index (χ1v) is 9.55. The summed E-state index contributed by atoms with van der Waals surface area (Å²) in [6.07, 6.45) is 0.950. The molecule has 1 saturated heterocycles. The van der Waals surface area contributed by atoms with Gasteiger partial charge in [-0.05, 0) is 41.6 Å². The summed E-state index contributed by atoms with van der Waals surface area (Å²) in [6.45, 7) is 4.94. The number of nitrogens with zero attached hydrogens (tertiary/aromatic N) is 3. The quantitative estimate of drug-likeness (QED) is 0.400. The Balaban J connectivity index is 0.00000243. The standard InChI is InChI=1S/C19H26N4OS.HI/c1-20-19(21-9-8-16-5-3-6-17(15-16)24-2)23-12-10-22(11-13-23)18-7-4-14-25-18;/h3-7,14-15H,8-13H2,1-2H3,(H,20,21);1H. The predicted octanol–water partition coefficient (Wildman–Crippen LogP) is 3.31. The summed E-state index contributed by atoms with van der Waals surface area (Å²) in [7, 11) is 3.56. The van der Waals surface area contributed by atoms with Crippen LogP contribution in [-0.4, -0.2) is 57.7 Å². The number of nitrogens with one attached hydrogen (secondary N) is 1. The van der Waals surface area contributed by atoms with E-state index < -0.39 is 0 Å². The van der Waals surface area contributed by atoms with E-state index in [-0.39, 0.29) is 24.0 Å². The highest BCUT2D eigenvalue weighted by Crippen LogP contribution is 2.22. The Hall–Kier alpha value is -1.48. The zero-order chi connectivity index (χ0) is 17.5. The molecule has 142 valence electrons. The normalized spacial score (nSPS) is 14.8. The number of piperazine rings is 1. The Bertz CT molecular complexity index is 685. The molecule has 7 heteroatoms. The molecule has 26 heavy (non-hydrogen) atoms. The first-order chi connectivity index (χ1) is 12.3. The van der Waals surface area contributed by atoms with Gasteiger partial charge in [0.05, 0.1) is 12.1 Å². The van der Waals surface area contributed by atoms with Crippen molar-refractivity contribution in [3.63, 3.8) is 0 Å². The van der Waals surface area contributed by atoms with Crippen LogP contribution in [0.25, 0.3) is 0 Å². The topological polar surface area (TPSA) is 40.1 Å². The number of thiophene rings is 1. The summed E-state index contributed by atoms with van der Waals surface area (Å²) in [5.74, 6) is 1.90. The van der Waals surface area contributed by atoms with Gasteiger partial charge < -0.3 is 19.9 Å². The summed E-state index contributed by atoms with van der Waals surface area (Å²) in [4.78, 5) is 9.25. The summed E-state index contributed by atoms with van der Waals surface area (Å²) in [5, 5.41) is 7.00. The number of hydrogen-bond donors (Lipinski definition) is 1. The number of benzene rings is 1. The van der Waals surface area contributed by atoms with Crippen LogP contribution in [0.15, 0.2) is 46.8 Å². The highest BCUT2D eigenvalue weighted by molar-refractivity contribution is 14.0. The van der Waals surface area contributed by atoms with E-state index in [9.17, 15) is 0 Å². The molecule has 1 aromatic carbocycles. The lowest BCUT2D eigenvalue weighted by Gasteiger charge is -2.37. The number of anilines is 1. The molecule has 0 bridgehead atoms. The van der Waals surface area contributed by atoms with Gasteiger partial charge in [-0.3, -0.25) is 4.99 Å². The van der Waals surface area contributed by atoms with E-state index in [1.165, 1.54) is 10.6 Å². The molecule has 0 atom stereocenters. The van der Waals surface area contributed by atoms with Gasteiger partial charge in [0.2, 0.25) is 0 Å². The van der Waals surface area contributed by atoms with Gasteiger partial charge in [0, 0.05) is 39.8 Å². The maximum absolute atomic E-state index is 5.28. The van der Waals surface area contributed by atoms with Crippen molar-refractivity contribution in [2.24, 2.45) is 4.99 Å². The highest BCUT2D eigenvalue weighted by Gasteiger charge is 2.20. The monoisotopic (exact) mass is 486 g/mol. The Kier molecular flexibility index (Phi) is 8.50. The van der Waals surface area contributed by atoms with Crippen molar-refractivity contribution in [1.82, 2.24) is 10.2 Å². The van der Waals surface area contributed by atoms with Gasteiger partial charge >= 0.3 is 0 Å². The first-order valence-electron chi connectivity index (χ1n) is 8.67. The Morgan fingerprint density at radius 2 is 2.00 bits per heavy atom. The molecule has 2 aromatic rings. The van der Waals surface area contributed by atoms with Gasteiger partial charge in [0.1, 0.15) is 5.75 Å². The van der Waals surface area contributed by atoms with Crippen molar-refractivity contribution in [3.8, 4) is 5.75 Å². The molecular formula is C19H27IN4OS. The molecule has 0 aliphatic carbocycles. The van der Waals surface area contributed by atoms with Gasteiger partial charge in [0.25, 0.3) is 0 Å². The van der Waals surface area contributed by atoms with Crippen molar-refractivity contribution < 1.29 is 4.74 Å². The summed E-state index contributed by atoms with van der Waals surface area (Å²) in [5.41, 5.74) is 1.27. The summed E-state index contributed by atoms with van der Waals surface area (Å²) in [6, 6.07) is 12.5. The SMILES string of the molecule is CN=C(NCCc1cccc(OC)c1)N1CCN(c2cccs2)CC1.I. The van der Waals surface area contributed by atoms with Crippen LogP contribution in [-0.2, 0) is 6.42 Å². The molecule has 1 aliphatic rings. The molecule has 0 radical (unpaired) electrons. The van der Waals surface area contributed by atoms with Gasteiger partial charge in [-0.1, -0.05) is 12.1 Å². The molecule has 0 spiro atoms. The zero-order valence-electron chi connectivity index (χ0n) is 15.4. The minimum Gasteiger partial charge on any atom is -0.497 e. The molecule has 5 nitrogen and oxygen atoms in total. The summed E-state index contributed by atoms with van der Waals surface area (Å²) < 4.78 is 5.28. The van der Waals surface area contributed by atoms with Crippen molar-refractivity contribution in [1.29, 1.82) is 0 Å². The minimum absolute atomic E-state index is 0. The predicted molar refractivity (Wildman–Crippen MR) is 122 cm³/mol. The fourth-order valence-corrected chi connectivity index (χ4v) is 3.85. The fraction of sp³-hybridized carbons (Fsp3) is 0.421. The van der Waals surface area contributed by atoms with Gasteiger partial charge in [-0.15, -0.1) is 35.3 Å². The van der Waals surface area contributed by atoms with Crippen molar-refractivity contribution in [3.05, 3.63) is 47.3 Å². The van der Waals surface area contributed by atoms with E-state index in [4.69, 9.17) is 4.74 Å². The second-order valence-corrected chi connectivity index (χ2v) is 6.93. The van der Waals surface area contributed by atoms with Crippen LogP contribution < -0.4 is 15.0 Å². The average molecular weight is 486 g/mol. The van der Waals surface area contributed by atoms with E-state index in [2.05, 4.69) is 49.8 Å². The highest BCUT2D eigenvalue weighted by atomic mass is 127. The van der Waals surface area contributed by atoms with Crippen LogP contribution in [0.3, 0.4) is 0 Å². The minimum atomic E-state index is 0. The van der Waals surface area contributed by atoms with E-state index in [1.807, 2.05) is 30.5 Å². The lowest BCUT2D eigenvalue weighted by atomic mass is 10.1. The molecule has 0 unspecified atom stereocenters. The van der Waals surface area contributed by atoms with Crippen LogP contribution in [0.4, 0.5) is 5.00 Å². The van der Waals surface area contributed by atoms with Gasteiger partial charge in [0.15, 0.2) is 5.96 Å². The Morgan fingerprint density at radius 3 is 2.65 bits per heavy atom. The number of hydrogen-bond acceptors (Lipinski definition) is 4. The third-order valence-corrected chi connectivity index (χ3v) is 5.37. The van der Waals surface area contributed by atoms with Crippen LogP contribution in [0.1, 0.15) is 5.56 Å². The molecule has 1 aromatic heterocycles. The number of guanidine groups is 1. The molecular weight excluding hydrogens is 459 g/mol. The molecule has 1 fully saturated rings. The van der Waals surface area contributed by atoms with Crippen molar-refractivity contribution in [2.75, 3.05) is 51.8 Å². The van der Waals surface area contributed by atoms with Gasteiger partial charge in [-0.25, -0.2) is 0 Å². The molecule has 0 saturated carbocycles. The Morgan fingerprint density at radius 1 is 1.19 bits per heavy atom. The molecule has 2 heterocycles. The molecule has 0 amide bonds. The second-order valence-electron chi connectivity index (χ2n) is 6.00. The largest absolute Gasteiger partial charge is 0.497 e. The third-order valence-electron chi connectivity index (χ3n) is 4.44. The van der Waals surface area contributed by atoms with Crippen LogP contribution in [0.2, 0.25) is 0 Å². The van der Waals surface area contributed by atoms with E-state index >= 15 is 0 Å². The van der Waals surface area contributed by atoms with Crippen LogP contribution in [0, 0.1) is 0 Å². The lowest BCUT2D eigenvalue weighted by molar-refractivity contribution is 0.374. The Labute approximate surface area is 177 Å². The number of rotatable bonds is 5. The zero-order valence-corrected chi connectivity index (χ0v) is 18.5. The van der Waals surface area contributed by atoms with Crippen LogP contribution >= 0.6 is 35.3 Å². The number of ether oxygens (including phenoxy) is 1. The molecule has 1 aliphatic heterocycles. The van der Waals surface area contributed by atoms with E-state index in [0.717, 1.165) is 50.9 Å². The van der Waals surface area contributed by atoms with Crippen molar-refractivity contribution in [2.45, 2.75) is 6.42 Å².